The summed E-state index contributed by atoms with van der Waals surface area (Å²) in [5, 5.41) is 0. The molecule has 22 heavy (non-hydrogen) atoms. The van der Waals surface area contributed by atoms with E-state index in [0.29, 0.717) is 0 Å². The zero-order valence-electron chi connectivity index (χ0n) is 14.7. The van der Waals surface area contributed by atoms with Crippen molar-refractivity contribution in [1.82, 2.24) is 4.98 Å². The van der Waals surface area contributed by atoms with Crippen molar-refractivity contribution in [2.75, 3.05) is 0 Å². The summed E-state index contributed by atoms with van der Waals surface area (Å²) in [6.45, 7) is 9.98. The largest absolute Gasteiger partial charge is 0.287 e. The number of unbranched alkanes of at least 4 members (excludes halogenated alkanes) is 5. The lowest BCUT2D eigenvalue weighted by Crippen LogP contribution is -2.34. The Labute approximate surface area is 135 Å². The number of benzene rings is 1. The van der Waals surface area contributed by atoms with E-state index in [0.717, 1.165) is 6.54 Å². The Kier molecular flexibility index (Phi) is 6.23. The summed E-state index contributed by atoms with van der Waals surface area (Å²) in [7, 11) is 0. The highest BCUT2D eigenvalue weighted by atomic mass is 15.1. The number of nitrogens with one attached hydrogen (secondary N) is 1. The number of imidazole rings is 1. The van der Waals surface area contributed by atoms with Crippen LogP contribution in [-0.4, -0.2) is 4.98 Å². The molecule has 0 aliphatic carbocycles. The van der Waals surface area contributed by atoms with Crippen LogP contribution < -0.4 is 4.57 Å². The monoisotopic (exact) mass is 299 g/mol. The lowest BCUT2D eigenvalue weighted by molar-refractivity contribution is -0.685. The Bertz CT molecular complexity index is 572. The number of aromatic amines is 1. The Morgan fingerprint density at radius 2 is 1.55 bits per heavy atom. The van der Waals surface area contributed by atoms with Crippen LogP contribution in [0.2, 0.25) is 0 Å². The molecule has 0 aliphatic heterocycles. The second-order valence-corrected chi connectivity index (χ2v) is 6.54. The molecule has 1 aromatic carbocycles. The van der Waals surface area contributed by atoms with E-state index in [4.69, 9.17) is 0 Å². The minimum absolute atomic E-state index is 1.11. The molecule has 0 atom stereocenters. The van der Waals surface area contributed by atoms with Gasteiger partial charge in [-0.3, -0.25) is 0 Å². The fraction of sp³-hybridized carbons (Fsp3) is 0.550. The van der Waals surface area contributed by atoms with E-state index in [1.54, 1.807) is 0 Å². The first kappa shape index (κ1) is 16.8. The minimum atomic E-state index is 1.11. The molecule has 0 fully saturated rings. The average molecular weight is 299 g/mol. The quantitative estimate of drug-likeness (QED) is 0.507. The number of hydrogen-bond donors (Lipinski definition) is 1. The molecule has 0 aliphatic rings. The van der Waals surface area contributed by atoms with E-state index in [2.05, 4.69) is 61.8 Å². The second kappa shape index (κ2) is 8.17. The summed E-state index contributed by atoms with van der Waals surface area (Å²) < 4.78 is 2.38. The van der Waals surface area contributed by atoms with Crippen LogP contribution in [0.15, 0.2) is 24.5 Å². The lowest BCUT2D eigenvalue weighted by atomic mass is 9.99. The summed E-state index contributed by atoms with van der Waals surface area (Å²) in [5.74, 6) is 1.25. The van der Waals surface area contributed by atoms with Gasteiger partial charge in [-0.2, -0.15) is 0 Å². The van der Waals surface area contributed by atoms with Crippen molar-refractivity contribution in [2.45, 2.75) is 72.8 Å². The first-order valence-electron chi connectivity index (χ1n) is 8.78. The number of H-pyrrole nitrogens is 1. The van der Waals surface area contributed by atoms with Crippen molar-refractivity contribution >= 4 is 0 Å². The first-order chi connectivity index (χ1) is 10.6. The average Bonchev–Trinajstić information content (AvgIpc) is 2.90. The van der Waals surface area contributed by atoms with Crippen LogP contribution in [-0.2, 0) is 6.54 Å². The van der Waals surface area contributed by atoms with Crippen LogP contribution in [0.3, 0.4) is 0 Å². The molecule has 2 rings (SSSR count). The first-order valence-corrected chi connectivity index (χ1v) is 8.78. The second-order valence-electron chi connectivity index (χ2n) is 6.54. The number of hydrogen-bond acceptors (Lipinski definition) is 0. The van der Waals surface area contributed by atoms with Gasteiger partial charge in [0.2, 0.25) is 0 Å². The zero-order chi connectivity index (χ0) is 15.9. The molecule has 0 unspecified atom stereocenters. The van der Waals surface area contributed by atoms with Gasteiger partial charge < -0.3 is 0 Å². The van der Waals surface area contributed by atoms with E-state index < -0.39 is 0 Å². The van der Waals surface area contributed by atoms with Gasteiger partial charge >= 0.3 is 0 Å². The van der Waals surface area contributed by atoms with Gasteiger partial charge in [-0.1, -0.05) is 50.3 Å². The van der Waals surface area contributed by atoms with Crippen molar-refractivity contribution in [2.24, 2.45) is 0 Å². The lowest BCUT2D eigenvalue weighted by Gasteiger charge is -2.09. The molecule has 0 spiro atoms. The third kappa shape index (κ3) is 4.22. The van der Waals surface area contributed by atoms with Gasteiger partial charge in [0.25, 0.3) is 5.82 Å². The van der Waals surface area contributed by atoms with Crippen LogP contribution in [0.25, 0.3) is 11.4 Å². The predicted molar refractivity (Wildman–Crippen MR) is 94.0 cm³/mol. The third-order valence-corrected chi connectivity index (χ3v) is 4.43. The summed E-state index contributed by atoms with van der Waals surface area (Å²) >= 11 is 0. The van der Waals surface area contributed by atoms with E-state index in [1.807, 2.05) is 0 Å². The molecule has 1 aromatic heterocycles. The molecule has 1 heterocycles. The Hall–Kier alpha value is -1.57. The van der Waals surface area contributed by atoms with Gasteiger partial charge in [0.1, 0.15) is 12.4 Å². The normalized spacial score (nSPS) is 11.1. The maximum Gasteiger partial charge on any atom is 0.287 e. The maximum atomic E-state index is 3.45. The summed E-state index contributed by atoms with van der Waals surface area (Å²) in [6, 6.07) is 4.55. The molecule has 2 aromatic rings. The number of aromatic nitrogens is 2. The van der Waals surface area contributed by atoms with E-state index >= 15 is 0 Å². The Morgan fingerprint density at radius 3 is 2.23 bits per heavy atom. The fourth-order valence-electron chi connectivity index (χ4n) is 3.38. The highest BCUT2D eigenvalue weighted by molar-refractivity contribution is 5.63. The zero-order valence-corrected chi connectivity index (χ0v) is 14.7. The molecular formula is C20H31N2+. The molecule has 0 bridgehead atoms. The fourth-order valence-corrected chi connectivity index (χ4v) is 3.38. The van der Waals surface area contributed by atoms with Crippen LogP contribution in [0.1, 0.15) is 62.1 Å². The predicted octanol–water partition coefficient (Wildman–Crippen LogP) is 5.25. The van der Waals surface area contributed by atoms with Crippen LogP contribution in [0.5, 0.6) is 0 Å². The SMILES string of the molecule is CCCCCCCC[n+]1cc[nH]c1-c1c(C)cc(C)cc1C. The van der Waals surface area contributed by atoms with Crippen molar-refractivity contribution in [3.63, 3.8) is 0 Å². The highest BCUT2D eigenvalue weighted by Crippen LogP contribution is 2.24. The van der Waals surface area contributed by atoms with Gasteiger partial charge in [-0.05, 0) is 44.7 Å². The summed E-state index contributed by atoms with van der Waals surface area (Å²) in [5.41, 5.74) is 5.42. The minimum Gasteiger partial charge on any atom is -0.243 e. The molecule has 0 radical (unpaired) electrons. The number of nitrogens with zero attached hydrogens (tertiary/aromatic N) is 1. The van der Waals surface area contributed by atoms with Crippen molar-refractivity contribution in [3.05, 3.63) is 41.2 Å². The van der Waals surface area contributed by atoms with E-state index in [-0.39, 0.29) is 0 Å². The van der Waals surface area contributed by atoms with Gasteiger partial charge in [0.15, 0.2) is 0 Å². The van der Waals surface area contributed by atoms with E-state index in [9.17, 15) is 0 Å². The van der Waals surface area contributed by atoms with Gasteiger partial charge in [0.05, 0.1) is 12.1 Å². The Morgan fingerprint density at radius 1 is 0.909 bits per heavy atom. The summed E-state index contributed by atoms with van der Waals surface area (Å²) in [6.07, 6.45) is 12.3. The standard InChI is InChI=1S/C20H30N2/c1-5-6-7-8-9-10-12-22-13-11-21-20(22)19-17(3)14-16(2)15-18(19)4/h11,13-15H,5-10,12H2,1-4H3/p+1. The van der Waals surface area contributed by atoms with Crippen LogP contribution in [0, 0.1) is 20.8 Å². The highest BCUT2D eigenvalue weighted by Gasteiger charge is 2.17. The van der Waals surface area contributed by atoms with Gasteiger partial charge in [-0.15, -0.1) is 0 Å². The van der Waals surface area contributed by atoms with Crippen LogP contribution >= 0.6 is 0 Å². The molecule has 2 nitrogen and oxygen atoms in total. The van der Waals surface area contributed by atoms with Crippen LogP contribution in [0.4, 0.5) is 0 Å². The summed E-state index contributed by atoms with van der Waals surface area (Å²) in [4.78, 5) is 3.45. The van der Waals surface area contributed by atoms with E-state index in [1.165, 1.54) is 66.6 Å². The smallest absolute Gasteiger partial charge is 0.243 e. The molecule has 0 saturated carbocycles. The molecule has 0 saturated heterocycles. The Balaban J connectivity index is 2.04. The van der Waals surface area contributed by atoms with Crippen molar-refractivity contribution in [1.29, 1.82) is 0 Å². The molecule has 120 valence electrons. The number of rotatable bonds is 8. The van der Waals surface area contributed by atoms with Crippen molar-refractivity contribution in [3.8, 4) is 11.4 Å². The molecular weight excluding hydrogens is 268 g/mol. The van der Waals surface area contributed by atoms with Gasteiger partial charge in [-0.25, -0.2) is 9.55 Å². The van der Waals surface area contributed by atoms with Gasteiger partial charge in [0, 0.05) is 0 Å². The number of aryl methyl sites for hydroxylation is 4. The molecule has 2 heteroatoms. The van der Waals surface area contributed by atoms with Crippen molar-refractivity contribution < 1.29 is 4.57 Å². The molecule has 1 N–H and O–H groups in total. The topological polar surface area (TPSA) is 19.7 Å². The maximum absolute atomic E-state index is 3.45. The third-order valence-electron chi connectivity index (χ3n) is 4.43. The molecule has 0 amide bonds.